The van der Waals surface area contributed by atoms with E-state index in [0.29, 0.717) is 10.2 Å². The molecule has 0 bridgehead atoms. The van der Waals surface area contributed by atoms with Crippen LogP contribution in [0.4, 0.5) is 23.2 Å². The fourth-order valence-electron chi connectivity index (χ4n) is 1.18. The Hall–Kier alpha value is -1.72. The minimum Gasteiger partial charge on any atom is -0.478 e. The molecule has 0 aliphatic carbocycles. The van der Waals surface area contributed by atoms with E-state index < -0.39 is 27.4 Å². The summed E-state index contributed by atoms with van der Waals surface area (Å²) in [4.78, 5) is 10.5. The second kappa shape index (κ2) is 6.58. The van der Waals surface area contributed by atoms with Gasteiger partial charge in [-0.1, -0.05) is 0 Å². The lowest BCUT2D eigenvalue weighted by atomic mass is 10.2. The first kappa shape index (κ1) is 20.3. The van der Waals surface area contributed by atoms with Gasteiger partial charge in [-0.05, 0) is 12.1 Å². The van der Waals surface area contributed by atoms with E-state index >= 15 is 0 Å². The van der Waals surface area contributed by atoms with Crippen molar-refractivity contribution in [3.05, 3.63) is 29.6 Å². The first-order valence-corrected chi connectivity index (χ1v) is 6.90. The number of halogens is 4. The van der Waals surface area contributed by atoms with Crippen LogP contribution in [-0.4, -0.2) is 50.7 Å². The molecular weight excluding hydrogens is 334 g/mol. The van der Waals surface area contributed by atoms with Crippen LogP contribution >= 0.6 is 0 Å². The van der Waals surface area contributed by atoms with Crippen LogP contribution in [0.3, 0.4) is 0 Å². The zero-order valence-electron chi connectivity index (χ0n) is 11.7. The number of alkyl halides is 3. The zero-order valence-corrected chi connectivity index (χ0v) is 12.5. The molecule has 1 aromatic carbocycles. The van der Waals surface area contributed by atoms with Crippen molar-refractivity contribution >= 4 is 21.8 Å². The third kappa shape index (κ3) is 5.95. The number of nitrogens with zero attached hydrogens (tertiary/aromatic N) is 1. The Labute approximate surface area is 123 Å². The van der Waals surface area contributed by atoms with Gasteiger partial charge in [-0.3, -0.25) is 9.04 Å². The molecule has 0 saturated heterocycles. The lowest BCUT2D eigenvalue weighted by Crippen LogP contribution is -2.35. The zero-order chi connectivity index (χ0) is 17.9. The number of benzene rings is 1. The summed E-state index contributed by atoms with van der Waals surface area (Å²) >= 11 is 0. The van der Waals surface area contributed by atoms with E-state index in [0.717, 1.165) is 6.07 Å². The summed E-state index contributed by atoms with van der Waals surface area (Å²) in [7, 11) is -0.385. The van der Waals surface area contributed by atoms with Gasteiger partial charge in [0.25, 0.3) is 0 Å². The Morgan fingerprint density at radius 1 is 1.18 bits per heavy atom. The molecule has 0 aromatic heterocycles. The maximum absolute atomic E-state index is 13.4. The molecule has 1 aromatic rings. The van der Waals surface area contributed by atoms with Crippen LogP contribution in [0.25, 0.3) is 0 Å². The van der Waals surface area contributed by atoms with Gasteiger partial charge in [0.2, 0.25) is 0 Å². The van der Waals surface area contributed by atoms with Crippen LogP contribution in [0, 0.1) is 5.82 Å². The number of aromatic carboxylic acids is 1. The van der Waals surface area contributed by atoms with Gasteiger partial charge < -0.3 is 5.11 Å². The largest absolute Gasteiger partial charge is 0.522 e. The van der Waals surface area contributed by atoms with Crippen LogP contribution in [0.1, 0.15) is 10.4 Å². The Morgan fingerprint density at radius 3 is 1.82 bits per heavy atom. The van der Waals surface area contributed by atoms with Gasteiger partial charge in [0.1, 0.15) is 0 Å². The molecule has 11 heteroatoms. The highest BCUT2D eigenvalue weighted by atomic mass is 32.2. The lowest BCUT2D eigenvalue weighted by Gasteiger charge is -2.23. The smallest absolute Gasteiger partial charge is 0.478 e. The Balaban J connectivity index is 0.000000472. The Bertz CT molecular complexity index is 649. The fourth-order valence-corrected chi connectivity index (χ4v) is 1.18. The maximum Gasteiger partial charge on any atom is 0.522 e. The second-order valence-corrected chi connectivity index (χ2v) is 6.32. The Kier molecular flexibility index (Phi) is 6.07. The number of carboxylic acids is 1. The molecule has 22 heavy (non-hydrogen) atoms. The third-order valence-corrected chi connectivity index (χ3v) is 2.79. The van der Waals surface area contributed by atoms with Gasteiger partial charge in [0, 0.05) is 6.07 Å². The molecule has 1 rings (SSSR count). The summed E-state index contributed by atoms with van der Waals surface area (Å²) in [6.07, 6.45) is 0. The maximum atomic E-state index is 13.4. The summed E-state index contributed by atoms with van der Waals surface area (Å²) < 4.78 is 71.3. The quantitative estimate of drug-likeness (QED) is 0.370. The molecular formula is C11H14F4NO5S+. The number of rotatable bonds is 2. The van der Waals surface area contributed by atoms with E-state index in [9.17, 15) is 22.4 Å². The molecule has 2 N–H and O–H groups in total. The van der Waals surface area contributed by atoms with Crippen LogP contribution in [0.5, 0.6) is 0 Å². The van der Waals surface area contributed by atoms with Gasteiger partial charge in [0.15, 0.2) is 11.5 Å². The standard InChI is InChI=1S/C10H12FNO2.CHF3O3S/c1-12(2,3)9-5-4-7(10(13)14)6-8(9)11;2-1(3,4)8(5,6)7/h4-6H,1-3H3;(H,5,6,7)/p+1. The van der Waals surface area contributed by atoms with Crippen LogP contribution in [0.2, 0.25) is 0 Å². The van der Waals surface area contributed by atoms with Crippen molar-refractivity contribution in [2.24, 2.45) is 0 Å². The first-order valence-electron chi connectivity index (χ1n) is 5.46. The minimum absolute atomic E-state index is 0.0281. The van der Waals surface area contributed by atoms with Crippen molar-refractivity contribution in [2.45, 2.75) is 5.51 Å². The summed E-state index contributed by atoms with van der Waals surface area (Å²) in [5.74, 6) is -1.60. The van der Waals surface area contributed by atoms with Crippen molar-refractivity contribution in [1.82, 2.24) is 4.48 Å². The molecule has 0 fully saturated rings. The molecule has 0 radical (unpaired) electrons. The predicted octanol–water partition coefficient (Wildman–Crippen LogP) is 2.11. The van der Waals surface area contributed by atoms with E-state index in [2.05, 4.69) is 0 Å². The molecule has 0 aliphatic rings. The normalized spacial score (nSPS) is 12.4. The Morgan fingerprint density at radius 2 is 1.59 bits per heavy atom. The molecule has 0 heterocycles. The average Bonchev–Trinajstić information content (AvgIpc) is 2.24. The van der Waals surface area contributed by atoms with Gasteiger partial charge in [-0.15, -0.1) is 0 Å². The van der Waals surface area contributed by atoms with E-state index in [4.69, 9.17) is 18.1 Å². The lowest BCUT2D eigenvalue weighted by molar-refractivity contribution is -0.0510. The fraction of sp³-hybridized carbons (Fsp3) is 0.364. The SMILES string of the molecule is C[N+](C)(C)c1ccc(C(=O)O)cc1F.O=S(=O)(O)C(F)(F)F. The number of carboxylic acid groups (broad SMARTS) is 1. The van der Waals surface area contributed by atoms with Crippen molar-refractivity contribution in [3.8, 4) is 0 Å². The second-order valence-electron chi connectivity index (χ2n) is 4.90. The molecule has 0 amide bonds. The van der Waals surface area contributed by atoms with Crippen LogP contribution in [0.15, 0.2) is 18.2 Å². The summed E-state index contributed by atoms with van der Waals surface area (Å²) in [6.45, 7) is 0. The highest BCUT2D eigenvalue weighted by molar-refractivity contribution is 7.86. The molecule has 0 saturated carbocycles. The summed E-state index contributed by atoms with van der Waals surface area (Å²) in [5, 5.41) is 8.63. The average molecular weight is 348 g/mol. The number of hydrogen-bond donors (Lipinski definition) is 2. The summed E-state index contributed by atoms with van der Waals surface area (Å²) in [5.41, 5.74) is -5.10. The van der Waals surface area contributed by atoms with E-state index in [1.165, 1.54) is 12.1 Å². The third-order valence-electron chi connectivity index (χ3n) is 2.21. The summed E-state index contributed by atoms with van der Waals surface area (Å²) in [6, 6.07) is 3.95. The monoisotopic (exact) mass is 348 g/mol. The van der Waals surface area contributed by atoms with Crippen molar-refractivity contribution in [3.63, 3.8) is 0 Å². The van der Waals surface area contributed by atoms with Crippen LogP contribution < -0.4 is 4.48 Å². The molecule has 0 aliphatic heterocycles. The molecule has 126 valence electrons. The molecule has 6 nitrogen and oxygen atoms in total. The van der Waals surface area contributed by atoms with Crippen molar-refractivity contribution in [2.75, 3.05) is 21.1 Å². The molecule has 0 atom stereocenters. The van der Waals surface area contributed by atoms with Gasteiger partial charge in [-0.25, -0.2) is 9.18 Å². The topological polar surface area (TPSA) is 91.7 Å². The molecule has 0 unspecified atom stereocenters. The number of quaternary nitrogens is 1. The predicted molar refractivity (Wildman–Crippen MR) is 70.5 cm³/mol. The number of hydrogen-bond acceptors (Lipinski definition) is 3. The van der Waals surface area contributed by atoms with Crippen molar-refractivity contribution in [1.29, 1.82) is 0 Å². The van der Waals surface area contributed by atoms with E-state index in [-0.39, 0.29) is 5.56 Å². The minimum atomic E-state index is -5.84. The van der Waals surface area contributed by atoms with Crippen LogP contribution in [-0.2, 0) is 10.1 Å². The number of carbonyl (C=O) groups is 1. The molecule has 0 spiro atoms. The van der Waals surface area contributed by atoms with Gasteiger partial charge >= 0.3 is 21.6 Å². The highest BCUT2D eigenvalue weighted by Gasteiger charge is 2.44. The van der Waals surface area contributed by atoms with Gasteiger partial charge in [-0.2, -0.15) is 21.6 Å². The van der Waals surface area contributed by atoms with E-state index in [1.807, 2.05) is 21.1 Å². The van der Waals surface area contributed by atoms with Crippen molar-refractivity contribution < 1.29 is 40.4 Å². The van der Waals surface area contributed by atoms with E-state index in [1.54, 1.807) is 0 Å². The highest BCUT2D eigenvalue weighted by Crippen LogP contribution is 2.22. The first-order chi connectivity index (χ1) is 9.57. The van der Waals surface area contributed by atoms with Gasteiger partial charge in [0.05, 0.1) is 26.7 Å².